The highest BCUT2D eigenvalue weighted by Gasteiger charge is 2.59. The fraction of sp³-hybridized carbons (Fsp3) is 0.925. The van der Waals surface area contributed by atoms with Crippen molar-refractivity contribution in [2.24, 2.45) is 10.7 Å². The number of hydrogen-bond acceptors (Lipinski definition) is 11. The number of hydrogen-bond donors (Lipinski definition) is 3. The number of carbonyl (C=O) groups excluding carboxylic acids is 1. The maximum atomic E-state index is 12.1. The molecule has 0 fully saturated rings. The molecule has 0 aromatic rings. The number of nitrogens with zero attached hydrogens (tertiary/aromatic N) is 5. The van der Waals surface area contributed by atoms with Crippen LogP contribution in [0.3, 0.4) is 0 Å². The average molecular weight is 907 g/mol. The number of carbonyl (C=O) groups is 1. The highest BCUT2D eigenvalue weighted by atomic mass is 16.6. The number of guanidine groups is 1. The summed E-state index contributed by atoms with van der Waals surface area (Å²) < 4.78 is 11.6. The van der Waals surface area contributed by atoms with Gasteiger partial charge < -0.3 is 30.3 Å². The third-order valence-electron chi connectivity index (χ3n) is 13.5. The molecule has 0 spiro atoms. The van der Waals surface area contributed by atoms with Crippen LogP contribution in [-0.2, 0) is 14.3 Å². The SMILES string of the molecule is C=C(C)C(=O)OCCOCCN(CO)C1(CCCCCCCC)N(CCCCCCCC)C(N)=NC(CCCCCCCC)(N(CO)CCCCCCCC)N1CCCCCCCC. The number of esters is 1. The summed E-state index contributed by atoms with van der Waals surface area (Å²) in [6.07, 6.45) is 36.5. The summed E-state index contributed by atoms with van der Waals surface area (Å²) in [6.45, 7) is 19.9. The molecule has 378 valence electrons. The summed E-state index contributed by atoms with van der Waals surface area (Å²) in [7, 11) is 0. The molecule has 2 unspecified atom stereocenters. The number of aliphatic hydroxyl groups excluding tert-OH is 2. The highest BCUT2D eigenvalue weighted by Crippen LogP contribution is 2.45. The lowest BCUT2D eigenvalue weighted by atomic mass is 9.94. The Labute approximate surface area is 395 Å². The first kappa shape index (κ1) is 60.3. The van der Waals surface area contributed by atoms with Crippen molar-refractivity contribution in [2.75, 3.05) is 59.5 Å². The van der Waals surface area contributed by atoms with Gasteiger partial charge in [0.15, 0.2) is 17.5 Å². The maximum absolute atomic E-state index is 12.1. The van der Waals surface area contributed by atoms with E-state index in [2.05, 4.69) is 60.8 Å². The Hall–Kier alpha value is -1.76. The molecule has 64 heavy (non-hydrogen) atoms. The standard InChI is InChI=1S/C53H106N6O5/c1-8-13-18-23-28-33-38-52(56(47-60)40-35-30-25-20-15-10-3)55-51(54)58(41-36-31-26-21-16-11-4)53(39-34-29-24-19-14-9-2,59(52)42-37-32-27-22-17-12-5)57(48-61)43-44-63-45-46-64-50(62)49(6)7/h60-61H,6,8-48H2,1-5,7H3,(H2,54,55). The van der Waals surface area contributed by atoms with Gasteiger partial charge in [0.05, 0.1) is 26.7 Å². The van der Waals surface area contributed by atoms with Gasteiger partial charge in [-0.1, -0.05) is 202 Å². The molecular formula is C53H106N6O5. The van der Waals surface area contributed by atoms with E-state index in [0.29, 0.717) is 24.7 Å². The molecule has 0 bridgehead atoms. The molecule has 0 saturated carbocycles. The fourth-order valence-electron chi connectivity index (χ4n) is 9.72. The Kier molecular flexibility index (Phi) is 37.0. The van der Waals surface area contributed by atoms with Gasteiger partial charge in [0.2, 0.25) is 0 Å². The highest BCUT2D eigenvalue weighted by molar-refractivity contribution is 5.86. The quantitative estimate of drug-likeness (QED) is 0.0235. The van der Waals surface area contributed by atoms with E-state index in [4.69, 9.17) is 20.2 Å². The van der Waals surface area contributed by atoms with Crippen molar-refractivity contribution in [3.63, 3.8) is 0 Å². The van der Waals surface area contributed by atoms with E-state index in [9.17, 15) is 15.0 Å². The van der Waals surface area contributed by atoms with E-state index in [1.54, 1.807) is 6.92 Å². The molecule has 0 aliphatic carbocycles. The predicted octanol–water partition coefficient (Wildman–Crippen LogP) is 12.4. The number of aliphatic imine (C=N–C) groups is 1. The van der Waals surface area contributed by atoms with Gasteiger partial charge in [0.1, 0.15) is 6.61 Å². The lowest BCUT2D eigenvalue weighted by Crippen LogP contribution is -2.82. The van der Waals surface area contributed by atoms with Gasteiger partial charge in [-0.2, -0.15) is 0 Å². The Morgan fingerprint density at radius 2 is 1.02 bits per heavy atom. The summed E-state index contributed by atoms with van der Waals surface area (Å²) in [6, 6.07) is 0. The summed E-state index contributed by atoms with van der Waals surface area (Å²) in [5, 5.41) is 23.5. The van der Waals surface area contributed by atoms with Crippen LogP contribution < -0.4 is 5.73 Å². The number of aliphatic hydroxyl groups is 2. The summed E-state index contributed by atoms with van der Waals surface area (Å²) in [5.74, 6) is -1.59. The molecule has 0 saturated heterocycles. The molecule has 11 heteroatoms. The van der Waals surface area contributed by atoms with Crippen LogP contribution in [0.1, 0.15) is 247 Å². The van der Waals surface area contributed by atoms with Crippen molar-refractivity contribution >= 4 is 11.9 Å². The molecule has 0 radical (unpaired) electrons. The van der Waals surface area contributed by atoms with Crippen LogP contribution in [0.25, 0.3) is 0 Å². The minimum atomic E-state index is -0.888. The van der Waals surface area contributed by atoms with Gasteiger partial charge in [-0.3, -0.25) is 0 Å². The molecule has 0 amide bonds. The van der Waals surface area contributed by atoms with Gasteiger partial charge in [-0.25, -0.2) is 24.5 Å². The van der Waals surface area contributed by atoms with Crippen molar-refractivity contribution in [3.8, 4) is 0 Å². The summed E-state index contributed by atoms with van der Waals surface area (Å²) in [5.41, 5.74) is 7.86. The van der Waals surface area contributed by atoms with Gasteiger partial charge in [0.25, 0.3) is 0 Å². The van der Waals surface area contributed by atoms with Crippen LogP contribution in [0.2, 0.25) is 0 Å². The Bertz CT molecular complexity index is 1160. The van der Waals surface area contributed by atoms with Crippen LogP contribution in [0.15, 0.2) is 17.1 Å². The van der Waals surface area contributed by atoms with E-state index < -0.39 is 17.5 Å². The second-order valence-corrected chi connectivity index (χ2v) is 19.0. The second kappa shape index (κ2) is 39.3. The molecular weight excluding hydrogens is 801 g/mol. The summed E-state index contributed by atoms with van der Waals surface area (Å²) >= 11 is 0. The average Bonchev–Trinajstić information content (AvgIpc) is 3.29. The third kappa shape index (κ3) is 22.8. The molecule has 0 aromatic heterocycles. The molecule has 1 heterocycles. The Balaban J connectivity index is 4.06. The minimum Gasteiger partial charge on any atom is -0.460 e. The molecule has 4 N–H and O–H groups in total. The lowest BCUT2D eigenvalue weighted by molar-refractivity contribution is -0.259. The maximum Gasteiger partial charge on any atom is 0.333 e. The molecule has 1 rings (SSSR count). The van der Waals surface area contributed by atoms with Crippen molar-refractivity contribution in [3.05, 3.63) is 12.2 Å². The number of unbranched alkanes of at least 4 members (excludes halogenated alkanes) is 25. The smallest absolute Gasteiger partial charge is 0.333 e. The van der Waals surface area contributed by atoms with E-state index in [1.165, 1.54) is 128 Å². The monoisotopic (exact) mass is 907 g/mol. The molecule has 2 atom stereocenters. The van der Waals surface area contributed by atoms with Gasteiger partial charge in [-0.15, -0.1) is 0 Å². The van der Waals surface area contributed by atoms with Crippen LogP contribution in [0.5, 0.6) is 0 Å². The van der Waals surface area contributed by atoms with E-state index in [-0.39, 0.29) is 26.7 Å². The van der Waals surface area contributed by atoms with E-state index in [1.807, 2.05) is 0 Å². The van der Waals surface area contributed by atoms with Crippen molar-refractivity contribution < 1.29 is 24.5 Å². The van der Waals surface area contributed by atoms with Crippen molar-refractivity contribution in [2.45, 2.75) is 259 Å². The van der Waals surface area contributed by atoms with Gasteiger partial charge >= 0.3 is 5.97 Å². The van der Waals surface area contributed by atoms with Gasteiger partial charge in [0, 0.05) is 38.2 Å². The first-order valence-corrected chi connectivity index (χ1v) is 27.2. The normalized spacial score (nSPS) is 18.1. The largest absolute Gasteiger partial charge is 0.460 e. The van der Waals surface area contributed by atoms with Crippen LogP contribution in [-0.4, -0.2) is 113 Å². The molecule has 1 aliphatic rings. The number of ether oxygens (including phenoxy) is 2. The first-order valence-electron chi connectivity index (χ1n) is 27.2. The summed E-state index contributed by atoms with van der Waals surface area (Å²) in [4.78, 5) is 27.4. The Morgan fingerprint density at radius 3 is 1.50 bits per heavy atom. The first-order chi connectivity index (χ1) is 31.2. The molecule has 1 aliphatic heterocycles. The van der Waals surface area contributed by atoms with Crippen LogP contribution in [0, 0.1) is 0 Å². The lowest BCUT2D eigenvalue weighted by Gasteiger charge is -2.65. The topological polar surface area (TPSA) is 127 Å². The Morgan fingerprint density at radius 1 is 0.578 bits per heavy atom. The molecule has 0 aromatic carbocycles. The fourth-order valence-corrected chi connectivity index (χ4v) is 9.72. The van der Waals surface area contributed by atoms with Crippen molar-refractivity contribution in [1.29, 1.82) is 0 Å². The predicted molar refractivity (Wildman–Crippen MR) is 271 cm³/mol. The number of rotatable bonds is 46. The second-order valence-electron chi connectivity index (χ2n) is 19.0. The molecule has 11 nitrogen and oxygen atoms in total. The van der Waals surface area contributed by atoms with Crippen LogP contribution in [0.4, 0.5) is 0 Å². The zero-order chi connectivity index (χ0) is 47.2. The number of nitrogens with two attached hydrogens (primary N) is 1. The minimum absolute atomic E-state index is 0.107. The third-order valence-corrected chi connectivity index (χ3v) is 13.5. The van der Waals surface area contributed by atoms with E-state index >= 15 is 0 Å². The van der Waals surface area contributed by atoms with Crippen molar-refractivity contribution in [1.82, 2.24) is 19.6 Å². The zero-order valence-corrected chi connectivity index (χ0v) is 43.1. The van der Waals surface area contributed by atoms with Gasteiger partial charge in [-0.05, 0) is 45.4 Å². The zero-order valence-electron chi connectivity index (χ0n) is 43.1. The van der Waals surface area contributed by atoms with E-state index in [0.717, 1.165) is 96.7 Å². The van der Waals surface area contributed by atoms with Crippen LogP contribution >= 0.6 is 0 Å².